The van der Waals surface area contributed by atoms with Gasteiger partial charge in [0.05, 0.1) is 6.10 Å². The molecular formula is C13H22N4O. The van der Waals surface area contributed by atoms with Crippen LogP contribution >= 0.6 is 0 Å². The highest BCUT2D eigenvalue weighted by Crippen LogP contribution is 2.18. The van der Waals surface area contributed by atoms with Gasteiger partial charge in [0, 0.05) is 31.0 Å². The summed E-state index contributed by atoms with van der Waals surface area (Å²) in [6.45, 7) is 7.79. The topological polar surface area (TPSA) is 59.1 Å². The van der Waals surface area contributed by atoms with Gasteiger partial charge in [-0.3, -0.25) is 0 Å². The zero-order chi connectivity index (χ0) is 13.0. The monoisotopic (exact) mass is 250 g/mol. The maximum absolute atomic E-state index is 5.55. The lowest BCUT2D eigenvalue weighted by atomic mass is 10.0. The van der Waals surface area contributed by atoms with E-state index < -0.39 is 0 Å². The van der Waals surface area contributed by atoms with Gasteiger partial charge in [-0.05, 0) is 33.6 Å². The Kier molecular flexibility index (Phi) is 4.36. The number of anilines is 2. The fourth-order valence-corrected chi connectivity index (χ4v) is 2.22. The largest absolute Gasteiger partial charge is 0.378 e. The number of ether oxygens (including phenoxy) is 1. The molecule has 1 aliphatic rings. The molecule has 0 aliphatic carbocycles. The molecule has 0 saturated carbocycles. The van der Waals surface area contributed by atoms with Gasteiger partial charge < -0.3 is 15.4 Å². The molecule has 1 aromatic heterocycles. The maximum atomic E-state index is 5.55. The normalized spacial score (nSPS) is 23.7. The number of hydrogen-bond acceptors (Lipinski definition) is 5. The van der Waals surface area contributed by atoms with Crippen LogP contribution in [0, 0.1) is 6.92 Å². The summed E-state index contributed by atoms with van der Waals surface area (Å²) in [6, 6.07) is 2.43. The lowest BCUT2D eigenvalue weighted by Crippen LogP contribution is -2.32. The number of nitrogens with one attached hydrogen (secondary N) is 2. The third-order valence-corrected chi connectivity index (χ3v) is 3.03. The summed E-state index contributed by atoms with van der Waals surface area (Å²) in [4.78, 5) is 8.81. The van der Waals surface area contributed by atoms with Gasteiger partial charge >= 0.3 is 0 Å². The van der Waals surface area contributed by atoms with Gasteiger partial charge in [-0.1, -0.05) is 0 Å². The van der Waals surface area contributed by atoms with E-state index in [0.717, 1.165) is 37.5 Å². The summed E-state index contributed by atoms with van der Waals surface area (Å²) in [6.07, 6.45) is 2.39. The van der Waals surface area contributed by atoms with Crippen molar-refractivity contribution in [2.75, 3.05) is 23.8 Å². The SMILES string of the molecule is CCNc1nc(C)cc(NC2CCOC(C)C2)n1. The van der Waals surface area contributed by atoms with Gasteiger partial charge in [0.1, 0.15) is 5.82 Å². The molecule has 100 valence electrons. The molecular weight excluding hydrogens is 228 g/mol. The summed E-state index contributed by atoms with van der Waals surface area (Å²) in [5.41, 5.74) is 0.976. The van der Waals surface area contributed by atoms with E-state index in [1.807, 2.05) is 19.9 Å². The molecule has 1 aromatic rings. The van der Waals surface area contributed by atoms with Crippen molar-refractivity contribution in [3.05, 3.63) is 11.8 Å². The van der Waals surface area contributed by atoms with Crippen LogP contribution < -0.4 is 10.6 Å². The number of rotatable bonds is 4. The standard InChI is InChI=1S/C13H22N4O/c1-4-14-13-15-9(2)7-12(17-13)16-11-5-6-18-10(3)8-11/h7,10-11H,4-6,8H2,1-3H3,(H2,14,15,16,17). The first-order chi connectivity index (χ1) is 8.67. The summed E-state index contributed by atoms with van der Waals surface area (Å²) in [5, 5.41) is 6.63. The first kappa shape index (κ1) is 13.1. The smallest absolute Gasteiger partial charge is 0.224 e. The number of hydrogen-bond donors (Lipinski definition) is 2. The third kappa shape index (κ3) is 3.57. The Labute approximate surface area is 108 Å². The Bertz CT molecular complexity index is 397. The van der Waals surface area contributed by atoms with Crippen LogP contribution in [0.4, 0.5) is 11.8 Å². The molecule has 1 aliphatic heterocycles. The Morgan fingerprint density at radius 3 is 3.00 bits per heavy atom. The first-order valence-corrected chi connectivity index (χ1v) is 6.65. The third-order valence-electron chi connectivity index (χ3n) is 3.03. The van der Waals surface area contributed by atoms with Crippen LogP contribution in [-0.2, 0) is 4.74 Å². The van der Waals surface area contributed by atoms with Gasteiger partial charge in [-0.25, -0.2) is 4.98 Å². The van der Waals surface area contributed by atoms with Crippen molar-refractivity contribution in [3.63, 3.8) is 0 Å². The van der Waals surface area contributed by atoms with E-state index in [1.54, 1.807) is 0 Å². The molecule has 18 heavy (non-hydrogen) atoms. The lowest BCUT2D eigenvalue weighted by molar-refractivity contribution is 0.0232. The zero-order valence-electron chi connectivity index (χ0n) is 11.4. The molecule has 5 heteroatoms. The molecule has 0 bridgehead atoms. The molecule has 0 radical (unpaired) electrons. The molecule has 1 fully saturated rings. The maximum Gasteiger partial charge on any atom is 0.224 e. The minimum atomic E-state index is 0.326. The second kappa shape index (κ2) is 6.00. The van der Waals surface area contributed by atoms with Crippen LogP contribution in [0.1, 0.15) is 32.4 Å². The van der Waals surface area contributed by atoms with Crippen molar-refractivity contribution in [1.82, 2.24) is 9.97 Å². The molecule has 1 saturated heterocycles. The minimum absolute atomic E-state index is 0.326. The molecule has 5 nitrogen and oxygen atoms in total. The van der Waals surface area contributed by atoms with Crippen molar-refractivity contribution in [2.24, 2.45) is 0 Å². The van der Waals surface area contributed by atoms with Gasteiger partial charge in [0.2, 0.25) is 5.95 Å². The van der Waals surface area contributed by atoms with Crippen LogP contribution in [0.3, 0.4) is 0 Å². The highest BCUT2D eigenvalue weighted by Gasteiger charge is 2.19. The highest BCUT2D eigenvalue weighted by molar-refractivity contribution is 5.42. The van der Waals surface area contributed by atoms with Crippen molar-refractivity contribution in [3.8, 4) is 0 Å². The van der Waals surface area contributed by atoms with Crippen LogP contribution in [0.15, 0.2) is 6.07 Å². The molecule has 0 aromatic carbocycles. The fraction of sp³-hybridized carbons (Fsp3) is 0.692. The summed E-state index contributed by atoms with van der Waals surface area (Å²) in [5.74, 6) is 1.60. The predicted octanol–water partition coefficient (Wildman–Crippen LogP) is 2.20. The lowest BCUT2D eigenvalue weighted by Gasteiger charge is -2.28. The van der Waals surface area contributed by atoms with E-state index >= 15 is 0 Å². The summed E-state index contributed by atoms with van der Waals surface area (Å²) in [7, 11) is 0. The first-order valence-electron chi connectivity index (χ1n) is 6.65. The van der Waals surface area contributed by atoms with Crippen LogP contribution in [0.5, 0.6) is 0 Å². The van der Waals surface area contributed by atoms with E-state index in [0.29, 0.717) is 18.1 Å². The molecule has 2 atom stereocenters. The van der Waals surface area contributed by atoms with E-state index in [2.05, 4.69) is 27.5 Å². The zero-order valence-corrected chi connectivity index (χ0v) is 11.4. The van der Waals surface area contributed by atoms with Gasteiger partial charge in [-0.15, -0.1) is 0 Å². The molecule has 0 spiro atoms. The van der Waals surface area contributed by atoms with Crippen molar-refractivity contribution >= 4 is 11.8 Å². The Morgan fingerprint density at radius 2 is 2.28 bits per heavy atom. The Hall–Kier alpha value is -1.36. The van der Waals surface area contributed by atoms with E-state index in [-0.39, 0.29) is 0 Å². The fourth-order valence-electron chi connectivity index (χ4n) is 2.22. The molecule has 2 heterocycles. The molecule has 0 amide bonds. The second-order valence-corrected chi connectivity index (χ2v) is 4.80. The van der Waals surface area contributed by atoms with Crippen molar-refractivity contribution in [1.29, 1.82) is 0 Å². The number of nitrogens with zero attached hydrogens (tertiary/aromatic N) is 2. The Morgan fingerprint density at radius 1 is 1.44 bits per heavy atom. The van der Waals surface area contributed by atoms with Crippen molar-refractivity contribution < 1.29 is 4.74 Å². The van der Waals surface area contributed by atoms with E-state index in [1.165, 1.54) is 0 Å². The van der Waals surface area contributed by atoms with Gasteiger partial charge in [-0.2, -0.15) is 4.98 Å². The summed E-state index contributed by atoms with van der Waals surface area (Å²) >= 11 is 0. The van der Waals surface area contributed by atoms with Crippen molar-refractivity contribution in [2.45, 2.75) is 45.8 Å². The molecule has 2 N–H and O–H groups in total. The highest BCUT2D eigenvalue weighted by atomic mass is 16.5. The average molecular weight is 250 g/mol. The van der Waals surface area contributed by atoms with E-state index in [9.17, 15) is 0 Å². The molecule has 2 rings (SSSR count). The quantitative estimate of drug-likeness (QED) is 0.858. The minimum Gasteiger partial charge on any atom is -0.378 e. The number of aromatic nitrogens is 2. The van der Waals surface area contributed by atoms with Crippen LogP contribution in [0.25, 0.3) is 0 Å². The number of aryl methyl sites for hydroxylation is 1. The second-order valence-electron chi connectivity index (χ2n) is 4.80. The average Bonchev–Trinajstić information content (AvgIpc) is 2.28. The van der Waals surface area contributed by atoms with Crippen LogP contribution in [-0.4, -0.2) is 35.3 Å². The summed E-state index contributed by atoms with van der Waals surface area (Å²) < 4.78 is 5.55. The van der Waals surface area contributed by atoms with E-state index in [4.69, 9.17) is 4.74 Å². The van der Waals surface area contributed by atoms with Crippen LogP contribution in [0.2, 0.25) is 0 Å². The predicted molar refractivity (Wildman–Crippen MR) is 73.0 cm³/mol. The Balaban J connectivity index is 2.03. The van der Waals surface area contributed by atoms with Gasteiger partial charge in [0.15, 0.2) is 0 Å². The molecule has 2 unspecified atom stereocenters. The van der Waals surface area contributed by atoms with Gasteiger partial charge in [0.25, 0.3) is 0 Å².